The van der Waals surface area contributed by atoms with Crippen molar-refractivity contribution in [1.82, 2.24) is 15.2 Å². The lowest BCUT2D eigenvalue weighted by Crippen LogP contribution is -2.44. The van der Waals surface area contributed by atoms with Gasteiger partial charge in [-0.15, -0.1) is 24.2 Å². The first-order valence-electron chi connectivity index (χ1n) is 12.6. The second-order valence-corrected chi connectivity index (χ2v) is 11.9. The summed E-state index contributed by atoms with van der Waals surface area (Å²) in [6, 6.07) is 12.2. The van der Waals surface area contributed by atoms with E-state index in [1.165, 1.54) is 0 Å². The van der Waals surface area contributed by atoms with Crippen LogP contribution < -0.4 is 10.2 Å². The minimum Gasteiger partial charge on any atom is -0.368 e. The van der Waals surface area contributed by atoms with Gasteiger partial charge in [0.15, 0.2) is 0 Å². The summed E-state index contributed by atoms with van der Waals surface area (Å²) in [5.41, 5.74) is 2.48. The normalized spacial score (nSPS) is 21.8. The van der Waals surface area contributed by atoms with E-state index in [-0.39, 0.29) is 23.7 Å². The van der Waals surface area contributed by atoms with Crippen LogP contribution in [0.4, 0.5) is 5.69 Å². The number of nitrogens with one attached hydrogen (secondary N) is 1. The van der Waals surface area contributed by atoms with Gasteiger partial charge in [-0.2, -0.15) is 5.26 Å². The molecule has 192 valence electrons. The molecule has 1 aromatic carbocycles. The molecule has 0 saturated carbocycles. The summed E-state index contributed by atoms with van der Waals surface area (Å²) < 4.78 is 0. The molecule has 2 aromatic rings. The number of piperidine rings is 2. The highest BCUT2D eigenvalue weighted by Gasteiger charge is 2.44. The molecule has 4 heterocycles. The topological polar surface area (TPSA) is 72.3 Å². The molecule has 1 N–H and O–H groups in total. The highest BCUT2D eigenvalue weighted by molar-refractivity contribution is 7.99. The van der Waals surface area contributed by atoms with Crippen LogP contribution in [0.5, 0.6) is 0 Å². The fraction of sp³-hybridized carbons (Fsp3) is 0.519. The van der Waals surface area contributed by atoms with Crippen LogP contribution in [0.2, 0.25) is 5.02 Å². The number of pyridine rings is 1. The number of carbonyl (C=O) groups excluding carboxylic acids is 1. The van der Waals surface area contributed by atoms with Crippen LogP contribution in [0.25, 0.3) is 0 Å². The fourth-order valence-corrected chi connectivity index (χ4v) is 7.12. The number of likely N-dealkylation sites (tertiary alicyclic amines) is 1. The third-order valence-electron chi connectivity index (χ3n) is 7.84. The Kier molecular flexibility index (Phi) is 8.72. The standard InChI is InChI=1S/C27H32ClN5OS.ClH/c1-19-15-27(18-33(19)22-4-2-20(16-29)24(28)14-22)8-12-32(13-9-27)26(34)21-3-5-25(31-17-21)35-23-6-10-30-11-7-23;/h2-5,14,17,19,23,30H,6-13,15,18H2,1H3;1H/t19-;/m0./s1. The highest BCUT2D eigenvalue weighted by Crippen LogP contribution is 2.45. The van der Waals surface area contributed by atoms with Gasteiger partial charge in [0.2, 0.25) is 0 Å². The third-order valence-corrected chi connectivity index (χ3v) is 9.44. The Morgan fingerprint density at radius 2 is 1.97 bits per heavy atom. The molecule has 0 aliphatic carbocycles. The number of nitrogens with zero attached hydrogens (tertiary/aromatic N) is 4. The van der Waals surface area contributed by atoms with E-state index in [2.05, 4.69) is 28.2 Å². The molecule has 3 aliphatic heterocycles. The molecular weight excluding hydrogens is 513 g/mol. The monoisotopic (exact) mass is 545 g/mol. The van der Waals surface area contributed by atoms with Crippen molar-refractivity contribution >= 4 is 47.4 Å². The van der Waals surface area contributed by atoms with Crippen molar-refractivity contribution in [1.29, 1.82) is 5.26 Å². The maximum Gasteiger partial charge on any atom is 0.255 e. The molecule has 0 radical (unpaired) electrons. The Bertz CT molecular complexity index is 1110. The number of aromatic nitrogens is 1. The average Bonchev–Trinajstić information content (AvgIpc) is 3.20. The van der Waals surface area contributed by atoms with Gasteiger partial charge in [0, 0.05) is 42.8 Å². The Morgan fingerprint density at radius 3 is 2.61 bits per heavy atom. The van der Waals surface area contributed by atoms with E-state index in [4.69, 9.17) is 11.6 Å². The van der Waals surface area contributed by atoms with Crippen LogP contribution >= 0.6 is 35.8 Å². The van der Waals surface area contributed by atoms with Crippen molar-refractivity contribution in [2.24, 2.45) is 5.41 Å². The van der Waals surface area contributed by atoms with Gasteiger partial charge in [0.1, 0.15) is 6.07 Å². The predicted octanol–water partition coefficient (Wildman–Crippen LogP) is 5.39. The predicted molar refractivity (Wildman–Crippen MR) is 148 cm³/mol. The van der Waals surface area contributed by atoms with Crippen molar-refractivity contribution in [3.63, 3.8) is 0 Å². The van der Waals surface area contributed by atoms with E-state index in [1.807, 2.05) is 40.9 Å². The molecule has 9 heteroatoms. The zero-order chi connectivity index (χ0) is 24.4. The number of carbonyl (C=O) groups is 1. The first kappa shape index (κ1) is 27.1. The maximum atomic E-state index is 13.2. The Balaban J connectivity index is 0.00000304. The Labute approximate surface area is 229 Å². The molecule has 1 amide bonds. The highest BCUT2D eigenvalue weighted by atomic mass is 35.5. The summed E-state index contributed by atoms with van der Waals surface area (Å²) in [5.74, 6) is 0.0903. The molecule has 1 spiro atoms. The summed E-state index contributed by atoms with van der Waals surface area (Å²) in [6.45, 7) is 6.92. The Morgan fingerprint density at radius 1 is 1.22 bits per heavy atom. The van der Waals surface area contributed by atoms with Gasteiger partial charge >= 0.3 is 0 Å². The van der Waals surface area contributed by atoms with E-state index in [1.54, 1.807) is 12.3 Å². The van der Waals surface area contributed by atoms with Crippen molar-refractivity contribution in [2.45, 2.75) is 55.3 Å². The summed E-state index contributed by atoms with van der Waals surface area (Å²) in [4.78, 5) is 22.2. The van der Waals surface area contributed by atoms with Crippen LogP contribution in [-0.4, -0.2) is 59.8 Å². The summed E-state index contributed by atoms with van der Waals surface area (Å²) >= 11 is 8.13. The van der Waals surface area contributed by atoms with E-state index < -0.39 is 0 Å². The van der Waals surface area contributed by atoms with Crippen LogP contribution in [0.3, 0.4) is 0 Å². The first-order valence-corrected chi connectivity index (χ1v) is 13.8. The number of nitriles is 1. The number of hydrogen-bond donors (Lipinski definition) is 1. The number of amides is 1. The summed E-state index contributed by atoms with van der Waals surface area (Å²) in [6.07, 6.45) is 7.19. The number of anilines is 1. The van der Waals surface area contributed by atoms with Gasteiger partial charge < -0.3 is 15.1 Å². The molecule has 36 heavy (non-hydrogen) atoms. The summed E-state index contributed by atoms with van der Waals surface area (Å²) in [7, 11) is 0. The van der Waals surface area contributed by atoms with Crippen molar-refractivity contribution in [3.05, 3.63) is 52.7 Å². The third kappa shape index (κ3) is 5.78. The second kappa shape index (κ2) is 11.6. The van der Waals surface area contributed by atoms with Crippen molar-refractivity contribution < 1.29 is 4.79 Å². The van der Waals surface area contributed by atoms with Gasteiger partial charge in [-0.25, -0.2) is 4.98 Å². The molecular formula is C27H33Cl2N5OS. The molecule has 3 fully saturated rings. The van der Waals surface area contributed by atoms with Gasteiger partial charge in [0.05, 0.1) is 21.2 Å². The lowest BCUT2D eigenvalue weighted by atomic mass is 9.76. The molecule has 3 aliphatic rings. The number of halogens is 2. The maximum absolute atomic E-state index is 13.2. The van der Waals surface area contributed by atoms with E-state index in [0.717, 1.165) is 75.5 Å². The lowest BCUT2D eigenvalue weighted by molar-refractivity contribution is 0.0606. The molecule has 1 atom stereocenters. The molecule has 0 unspecified atom stereocenters. The van der Waals surface area contributed by atoms with Crippen LogP contribution in [0.1, 0.15) is 54.9 Å². The SMILES string of the molecule is C[C@H]1CC2(CCN(C(=O)c3ccc(SC4CCNCC4)nc3)CC2)CN1c1ccc(C#N)c(Cl)c1.Cl. The number of hydrogen-bond acceptors (Lipinski definition) is 6. The molecule has 0 bridgehead atoms. The minimum absolute atomic E-state index is 0. The molecule has 5 rings (SSSR count). The largest absolute Gasteiger partial charge is 0.368 e. The molecule has 1 aromatic heterocycles. The zero-order valence-corrected chi connectivity index (χ0v) is 23.0. The molecule has 6 nitrogen and oxygen atoms in total. The minimum atomic E-state index is 0. The Hall–Kier alpha value is -1.98. The van der Waals surface area contributed by atoms with Crippen LogP contribution in [0.15, 0.2) is 41.6 Å². The van der Waals surface area contributed by atoms with Gasteiger partial charge in [-0.05, 0) is 87.9 Å². The van der Waals surface area contributed by atoms with E-state index in [0.29, 0.717) is 27.4 Å². The van der Waals surface area contributed by atoms with Gasteiger partial charge in [0.25, 0.3) is 5.91 Å². The van der Waals surface area contributed by atoms with Crippen LogP contribution in [-0.2, 0) is 0 Å². The smallest absolute Gasteiger partial charge is 0.255 e. The van der Waals surface area contributed by atoms with Gasteiger partial charge in [-0.3, -0.25) is 4.79 Å². The van der Waals surface area contributed by atoms with E-state index >= 15 is 0 Å². The fourth-order valence-electron chi connectivity index (χ4n) is 5.83. The number of rotatable bonds is 4. The summed E-state index contributed by atoms with van der Waals surface area (Å²) in [5, 5.41) is 14.7. The average molecular weight is 547 g/mol. The number of benzene rings is 1. The lowest BCUT2D eigenvalue weighted by Gasteiger charge is -2.39. The van der Waals surface area contributed by atoms with Crippen molar-refractivity contribution in [3.8, 4) is 6.07 Å². The molecule has 3 saturated heterocycles. The zero-order valence-electron chi connectivity index (χ0n) is 20.6. The second-order valence-electron chi connectivity index (χ2n) is 10.2. The van der Waals surface area contributed by atoms with Crippen molar-refractivity contribution in [2.75, 3.05) is 37.6 Å². The quantitative estimate of drug-likeness (QED) is 0.554. The van der Waals surface area contributed by atoms with E-state index in [9.17, 15) is 10.1 Å². The first-order chi connectivity index (χ1) is 17.0. The van der Waals surface area contributed by atoms with Gasteiger partial charge in [-0.1, -0.05) is 11.6 Å². The number of thioether (sulfide) groups is 1. The van der Waals surface area contributed by atoms with Crippen LogP contribution in [0, 0.1) is 16.7 Å².